The molecule has 1 aromatic heterocycles. The molecule has 0 fully saturated rings. The van der Waals surface area contributed by atoms with Crippen LogP contribution < -0.4 is 0 Å². The first-order valence-electron chi connectivity index (χ1n) is 3.88. The average Bonchev–Trinajstić information content (AvgIpc) is 2.53. The minimum absolute atomic E-state index is 0.313. The van der Waals surface area contributed by atoms with Gasteiger partial charge in [-0.25, -0.2) is 4.39 Å². The molecule has 1 aromatic carbocycles. The van der Waals surface area contributed by atoms with Gasteiger partial charge in [-0.05, 0) is 19.1 Å². The van der Waals surface area contributed by atoms with Crippen molar-refractivity contribution in [3.63, 3.8) is 0 Å². The van der Waals surface area contributed by atoms with Crippen molar-refractivity contribution in [3.8, 4) is 11.3 Å². The summed E-state index contributed by atoms with van der Waals surface area (Å²) < 4.78 is 18.0. The molecule has 0 N–H and O–H groups in total. The number of hydrogen-bond donors (Lipinski definition) is 0. The summed E-state index contributed by atoms with van der Waals surface area (Å²) in [5.74, 6) is 0.241. The minimum Gasteiger partial charge on any atom is -0.360 e. The van der Waals surface area contributed by atoms with E-state index < -0.39 is 0 Å². The second kappa shape index (κ2) is 3.01. The zero-order chi connectivity index (χ0) is 9.26. The molecular formula is C10H7FNO. The highest BCUT2D eigenvalue weighted by Gasteiger charge is 2.08. The van der Waals surface area contributed by atoms with Crippen molar-refractivity contribution in [2.24, 2.45) is 0 Å². The lowest BCUT2D eigenvalue weighted by molar-refractivity contribution is 0.399. The zero-order valence-electron chi connectivity index (χ0n) is 7.04. The molecule has 0 saturated carbocycles. The molecule has 0 aliphatic rings. The smallest absolute Gasteiger partial charge is 0.142 e. The summed E-state index contributed by atoms with van der Waals surface area (Å²) in [5, 5.41) is 3.68. The molecule has 3 heteroatoms. The van der Waals surface area contributed by atoms with Crippen molar-refractivity contribution in [2.45, 2.75) is 6.92 Å². The summed E-state index contributed by atoms with van der Waals surface area (Å²) in [5.41, 5.74) is 0.829. The number of benzene rings is 1. The van der Waals surface area contributed by atoms with E-state index in [-0.39, 0.29) is 5.82 Å². The van der Waals surface area contributed by atoms with Crippen LogP contribution >= 0.6 is 0 Å². The molecule has 0 saturated heterocycles. The van der Waals surface area contributed by atoms with Gasteiger partial charge in [0.1, 0.15) is 17.3 Å². The van der Waals surface area contributed by atoms with Crippen LogP contribution in [0.15, 0.2) is 28.8 Å². The number of hydrogen-bond acceptors (Lipinski definition) is 2. The van der Waals surface area contributed by atoms with Gasteiger partial charge in [-0.1, -0.05) is 17.3 Å². The average molecular weight is 176 g/mol. The molecule has 13 heavy (non-hydrogen) atoms. The third-order valence-electron chi connectivity index (χ3n) is 1.70. The van der Waals surface area contributed by atoms with Crippen LogP contribution in [0.4, 0.5) is 4.39 Å². The molecule has 0 amide bonds. The molecule has 1 radical (unpaired) electrons. The summed E-state index contributed by atoms with van der Waals surface area (Å²) in [7, 11) is 0. The van der Waals surface area contributed by atoms with E-state index in [2.05, 4.69) is 11.2 Å². The first-order chi connectivity index (χ1) is 6.27. The van der Waals surface area contributed by atoms with Crippen molar-refractivity contribution < 1.29 is 8.91 Å². The van der Waals surface area contributed by atoms with E-state index in [0.717, 1.165) is 0 Å². The van der Waals surface area contributed by atoms with E-state index in [0.29, 0.717) is 17.0 Å². The van der Waals surface area contributed by atoms with Gasteiger partial charge >= 0.3 is 0 Å². The zero-order valence-corrected chi connectivity index (χ0v) is 7.04. The highest BCUT2D eigenvalue weighted by molar-refractivity contribution is 5.58. The quantitative estimate of drug-likeness (QED) is 0.667. The number of rotatable bonds is 1. The molecule has 0 bridgehead atoms. The van der Waals surface area contributed by atoms with Gasteiger partial charge in [-0.2, -0.15) is 0 Å². The normalized spacial score (nSPS) is 10.3. The summed E-state index contributed by atoms with van der Waals surface area (Å²) in [6.45, 7) is 1.72. The van der Waals surface area contributed by atoms with E-state index in [1.54, 1.807) is 25.1 Å². The lowest BCUT2D eigenvalue weighted by Crippen LogP contribution is -1.82. The van der Waals surface area contributed by atoms with Crippen molar-refractivity contribution in [3.05, 3.63) is 41.9 Å². The van der Waals surface area contributed by atoms with E-state index in [1.807, 2.05) is 0 Å². The van der Waals surface area contributed by atoms with Crippen LogP contribution in [0.2, 0.25) is 0 Å². The number of aryl methyl sites for hydroxylation is 1. The largest absolute Gasteiger partial charge is 0.360 e. The van der Waals surface area contributed by atoms with E-state index in [9.17, 15) is 4.39 Å². The Bertz CT molecular complexity index is 422. The molecule has 0 atom stereocenters. The maximum absolute atomic E-state index is 13.2. The SMILES string of the molecule is Cc1[c]c(-c2ccccc2F)no1. The van der Waals surface area contributed by atoms with Gasteiger partial charge in [0, 0.05) is 5.56 Å². The van der Waals surface area contributed by atoms with Crippen LogP contribution in [0.25, 0.3) is 11.3 Å². The molecular weight excluding hydrogens is 169 g/mol. The molecule has 2 aromatic rings. The van der Waals surface area contributed by atoms with Crippen LogP contribution in [0.1, 0.15) is 5.76 Å². The van der Waals surface area contributed by atoms with E-state index >= 15 is 0 Å². The Kier molecular flexibility index (Phi) is 1.85. The molecule has 2 rings (SSSR count). The van der Waals surface area contributed by atoms with Crippen LogP contribution in [0.5, 0.6) is 0 Å². The lowest BCUT2D eigenvalue weighted by Gasteiger charge is -1.94. The Morgan fingerprint density at radius 3 is 2.77 bits per heavy atom. The molecule has 0 unspecified atom stereocenters. The summed E-state index contributed by atoms with van der Waals surface area (Å²) >= 11 is 0. The van der Waals surface area contributed by atoms with Crippen LogP contribution in [0.3, 0.4) is 0 Å². The van der Waals surface area contributed by atoms with Gasteiger partial charge < -0.3 is 4.52 Å². The van der Waals surface area contributed by atoms with Crippen molar-refractivity contribution in [1.82, 2.24) is 5.16 Å². The third-order valence-corrected chi connectivity index (χ3v) is 1.70. The molecule has 0 aliphatic heterocycles. The number of nitrogens with zero attached hydrogens (tertiary/aromatic N) is 1. The molecule has 0 spiro atoms. The number of halogens is 1. The van der Waals surface area contributed by atoms with Crippen molar-refractivity contribution in [1.29, 1.82) is 0 Å². The topological polar surface area (TPSA) is 26.0 Å². The highest BCUT2D eigenvalue weighted by atomic mass is 19.1. The monoisotopic (exact) mass is 176 g/mol. The van der Waals surface area contributed by atoms with Gasteiger partial charge in [0.15, 0.2) is 0 Å². The van der Waals surface area contributed by atoms with Gasteiger partial charge in [-0.3, -0.25) is 0 Å². The first kappa shape index (κ1) is 7.98. The van der Waals surface area contributed by atoms with Gasteiger partial charge in [-0.15, -0.1) is 0 Å². The fraction of sp³-hybridized carbons (Fsp3) is 0.100. The fourth-order valence-corrected chi connectivity index (χ4v) is 1.10. The van der Waals surface area contributed by atoms with E-state index in [1.165, 1.54) is 6.07 Å². The Morgan fingerprint density at radius 1 is 1.38 bits per heavy atom. The second-order valence-electron chi connectivity index (χ2n) is 2.69. The first-order valence-corrected chi connectivity index (χ1v) is 3.88. The summed E-state index contributed by atoms with van der Waals surface area (Å²) in [4.78, 5) is 0. The standard InChI is InChI=1S/C10H7FNO/c1-7-6-10(12-13-7)8-4-2-3-5-9(8)11/h2-5H,1H3. The van der Waals surface area contributed by atoms with Crippen LogP contribution in [-0.2, 0) is 0 Å². The van der Waals surface area contributed by atoms with Crippen LogP contribution in [-0.4, -0.2) is 5.16 Å². The molecule has 65 valence electrons. The Hall–Kier alpha value is -1.64. The Morgan fingerprint density at radius 2 is 2.15 bits per heavy atom. The summed E-state index contributed by atoms with van der Waals surface area (Å²) in [6.07, 6.45) is 0. The molecule has 0 aliphatic carbocycles. The van der Waals surface area contributed by atoms with E-state index in [4.69, 9.17) is 4.52 Å². The number of aromatic nitrogens is 1. The predicted molar refractivity (Wildman–Crippen MR) is 45.5 cm³/mol. The van der Waals surface area contributed by atoms with Gasteiger partial charge in [0.2, 0.25) is 0 Å². The molecule has 2 nitrogen and oxygen atoms in total. The minimum atomic E-state index is -0.313. The second-order valence-corrected chi connectivity index (χ2v) is 2.69. The Balaban J connectivity index is 2.52. The van der Waals surface area contributed by atoms with Crippen LogP contribution in [0, 0.1) is 18.8 Å². The Labute approximate surface area is 75.0 Å². The summed E-state index contributed by atoms with van der Waals surface area (Å²) in [6, 6.07) is 9.22. The third kappa shape index (κ3) is 1.45. The maximum atomic E-state index is 13.2. The highest BCUT2D eigenvalue weighted by Crippen LogP contribution is 2.20. The fourth-order valence-electron chi connectivity index (χ4n) is 1.10. The lowest BCUT2D eigenvalue weighted by atomic mass is 10.1. The van der Waals surface area contributed by atoms with Crippen molar-refractivity contribution >= 4 is 0 Å². The maximum Gasteiger partial charge on any atom is 0.142 e. The van der Waals surface area contributed by atoms with Gasteiger partial charge in [0.05, 0.1) is 6.07 Å². The predicted octanol–water partition coefficient (Wildman–Crippen LogP) is 2.59. The van der Waals surface area contributed by atoms with Crippen molar-refractivity contribution in [2.75, 3.05) is 0 Å². The molecule has 1 heterocycles. The van der Waals surface area contributed by atoms with Gasteiger partial charge in [0.25, 0.3) is 0 Å².